The first-order chi connectivity index (χ1) is 8.33. The Bertz CT molecular complexity index is 668. The maximum absolute atomic E-state index is 5.87. The summed E-state index contributed by atoms with van der Waals surface area (Å²) in [7, 11) is 0. The molecule has 3 rings (SSSR count). The van der Waals surface area contributed by atoms with Gasteiger partial charge in [0.1, 0.15) is 5.15 Å². The average Bonchev–Trinajstić information content (AvgIpc) is 2.39. The zero-order valence-corrected chi connectivity index (χ0v) is 9.59. The molecule has 0 fully saturated rings. The SMILES string of the molecule is Clc1ccc2ncc(-c3ccncc3)cc2n1. The molecule has 0 spiro atoms. The molecule has 0 aliphatic carbocycles. The Balaban J connectivity index is 2.19. The van der Waals surface area contributed by atoms with Crippen molar-refractivity contribution >= 4 is 22.6 Å². The lowest BCUT2D eigenvalue weighted by Crippen LogP contribution is -1.86. The van der Waals surface area contributed by atoms with Gasteiger partial charge in [-0.05, 0) is 35.9 Å². The predicted octanol–water partition coefficient (Wildman–Crippen LogP) is 3.35. The summed E-state index contributed by atoms with van der Waals surface area (Å²) in [5.74, 6) is 0. The molecule has 0 atom stereocenters. The van der Waals surface area contributed by atoms with Gasteiger partial charge in [0.25, 0.3) is 0 Å². The van der Waals surface area contributed by atoms with Crippen molar-refractivity contribution in [3.63, 3.8) is 0 Å². The van der Waals surface area contributed by atoms with Crippen LogP contribution >= 0.6 is 11.6 Å². The van der Waals surface area contributed by atoms with Gasteiger partial charge in [0.15, 0.2) is 0 Å². The fourth-order valence-corrected chi connectivity index (χ4v) is 1.84. The second kappa shape index (κ2) is 4.11. The van der Waals surface area contributed by atoms with Gasteiger partial charge in [-0.25, -0.2) is 4.98 Å². The van der Waals surface area contributed by atoms with Crippen LogP contribution in [-0.4, -0.2) is 15.0 Å². The van der Waals surface area contributed by atoms with Crippen molar-refractivity contribution < 1.29 is 0 Å². The predicted molar refractivity (Wildman–Crippen MR) is 67.8 cm³/mol. The maximum atomic E-state index is 5.87. The quantitative estimate of drug-likeness (QED) is 0.614. The van der Waals surface area contributed by atoms with E-state index in [2.05, 4.69) is 15.0 Å². The summed E-state index contributed by atoms with van der Waals surface area (Å²) in [4.78, 5) is 12.6. The Kier molecular flexibility index (Phi) is 2.46. The van der Waals surface area contributed by atoms with Crippen molar-refractivity contribution in [3.05, 3.63) is 54.1 Å². The lowest BCUT2D eigenvalue weighted by molar-refractivity contribution is 1.31. The van der Waals surface area contributed by atoms with Crippen LogP contribution in [-0.2, 0) is 0 Å². The monoisotopic (exact) mass is 241 g/mol. The number of pyridine rings is 3. The molecule has 3 heterocycles. The Hall–Kier alpha value is -2.00. The molecule has 0 amide bonds. The molecule has 0 saturated carbocycles. The van der Waals surface area contributed by atoms with Crippen molar-refractivity contribution in [1.29, 1.82) is 0 Å². The summed E-state index contributed by atoms with van der Waals surface area (Å²) >= 11 is 5.87. The molecule has 0 bridgehead atoms. The first-order valence-corrected chi connectivity index (χ1v) is 5.53. The minimum Gasteiger partial charge on any atom is -0.265 e. The largest absolute Gasteiger partial charge is 0.265 e. The van der Waals surface area contributed by atoms with Crippen LogP contribution in [0.25, 0.3) is 22.2 Å². The number of halogens is 1. The van der Waals surface area contributed by atoms with Gasteiger partial charge in [-0.2, -0.15) is 0 Å². The summed E-state index contributed by atoms with van der Waals surface area (Å²) in [6.07, 6.45) is 5.34. The lowest BCUT2D eigenvalue weighted by atomic mass is 10.1. The number of nitrogens with zero attached hydrogens (tertiary/aromatic N) is 3. The lowest BCUT2D eigenvalue weighted by Gasteiger charge is -2.02. The smallest absolute Gasteiger partial charge is 0.129 e. The minimum absolute atomic E-state index is 0.478. The van der Waals surface area contributed by atoms with Crippen LogP contribution in [0.15, 0.2) is 48.9 Å². The van der Waals surface area contributed by atoms with Crippen molar-refractivity contribution in [3.8, 4) is 11.1 Å². The van der Waals surface area contributed by atoms with Gasteiger partial charge >= 0.3 is 0 Å². The molecule has 3 nitrogen and oxygen atoms in total. The number of rotatable bonds is 1. The van der Waals surface area contributed by atoms with Gasteiger partial charge in [-0.15, -0.1) is 0 Å². The molecule has 3 aromatic rings. The van der Waals surface area contributed by atoms with Gasteiger partial charge in [0.05, 0.1) is 11.0 Å². The molecule has 82 valence electrons. The summed E-state index contributed by atoms with van der Waals surface area (Å²) in [5.41, 5.74) is 3.71. The van der Waals surface area contributed by atoms with Crippen LogP contribution in [0.3, 0.4) is 0 Å². The molecule has 0 unspecified atom stereocenters. The minimum atomic E-state index is 0.478. The van der Waals surface area contributed by atoms with Crippen molar-refractivity contribution in [2.45, 2.75) is 0 Å². The highest BCUT2D eigenvalue weighted by molar-refractivity contribution is 6.29. The Morgan fingerprint density at radius 3 is 2.53 bits per heavy atom. The summed E-state index contributed by atoms with van der Waals surface area (Å²) < 4.78 is 0. The molecule has 0 radical (unpaired) electrons. The van der Waals surface area contributed by atoms with E-state index in [9.17, 15) is 0 Å². The molecule has 4 heteroatoms. The third kappa shape index (κ3) is 1.97. The molecule has 0 aromatic carbocycles. The average molecular weight is 242 g/mol. The number of hydrogen-bond acceptors (Lipinski definition) is 3. The molecular weight excluding hydrogens is 234 g/mol. The van der Waals surface area contributed by atoms with E-state index in [4.69, 9.17) is 11.6 Å². The first-order valence-electron chi connectivity index (χ1n) is 5.16. The van der Waals surface area contributed by atoms with E-state index in [-0.39, 0.29) is 0 Å². The molecule has 0 saturated heterocycles. The van der Waals surface area contributed by atoms with Crippen molar-refractivity contribution in [1.82, 2.24) is 15.0 Å². The van der Waals surface area contributed by atoms with E-state index in [0.717, 1.165) is 22.2 Å². The fraction of sp³-hybridized carbons (Fsp3) is 0. The second-order valence-corrected chi connectivity index (χ2v) is 4.02. The van der Waals surface area contributed by atoms with E-state index >= 15 is 0 Å². The second-order valence-electron chi connectivity index (χ2n) is 3.63. The van der Waals surface area contributed by atoms with Crippen LogP contribution in [0.2, 0.25) is 5.15 Å². The number of hydrogen-bond donors (Lipinski definition) is 0. The molecule has 17 heavy (non-hydrogen) atoms. The van der Waals surface area contributed by atoms with Gasteiger partial charge in [-0.1, -0.05) is 11.6 Å². The Morgan fingerprint density at radius 2 is 1.71 bits per heavy atom. The summed E-state index contributed by atoms with van der Waals surface area (Å²) in [6, 6.07) is 9.45. The Labute approximate surface area is 103 Å². The molecule has 0 aliphatic heterocycles. The number of aromatic nitrogens is 3. The molecule has 3 aromatic heterocycles. The van der Waals surface area contributed by atoms with Crippen LogP contribution in [0, 0.1) is 0 Å². The maximum Gasteiger partial charge on any atom is 0.129 e. The molecular formula is C13H8ClN3. The zero-order valence-electron chi connectivity index (χ0n) is 8.84. The van der Waals surface area contributed by atoms with Crippen LogP contribution in [0.1, 0.15) is 0 Å². The van der Waals surface area contributed by atoms with Gasteiger partial charge < -0.3 is 0 Å². The van der Waals surface area contributed by atoms with E-state index in [1.54, 1.807) is 18.5 Å². The third-order valence-electron chi connectivity index (χ3n) is 2.52. The van der Waals surface area contributed by atoms with Gasteiger partial charge in [-0.3, -0.25) is 9.97 Å². The fourth-order valence-electron chi connectivity index (χ4n) is 1.68. The van der Waals surface area contributed by atoms with E-state index in [1.165, 1.54) is 0 Å². The Morgan fingerprint density at radius 1 is 0.882 bits per heavy atom. The molecule has 0 aliphatic rings. The topological polar surface area (TPSA) is 38.7 Å². The highest BCUT2D eigenvalue weighted by Crippen LogP contribution is 2.21. The van der Waals surface area contributed by atoms with Crippen LogP contribution < -0.4 is 0 Å². The van der Waals surface area contributed by atoms with Gasteiger partial charge in [0.2, 0.25) is 0 Å². The van der Waals surface area contributed by atoms with E-state index < -0.39 is 0 Å². The van der Waals surface area contributed by atoms with Gasteiger partial charge in [0, 0.05) is 24.2 Å². The number of fused-ring (bicyclic) bond motifs is 1. The van der Waals surface area contributed by atoms with Crippen LogP contribution in [0.5, 0.6) is 0 Å². The molecule has 0 N–H and O–H groups in total. The van der Waals surface area contributed by atoms with E-state index in [1.807, 2.05) is 30.5 Å². The summed E-state index contributed by atoms with van der Waals surface area (Å²) in [5, 5.41) is 0.478. The third-order valence-corrected chi connectivity index (χ3v) is 2.73. The van der Waals surface area contributed by atoms with E-state index in [0.29, 0.717) is 5.15 Å². The first kappa shape index (κ1) is 10.2. The highest BCUT2D eigenvalue weighted by Gasteiger charge is 2.02. The highest BCUT2D eigenvalue weighted by atomic mass is 35.5. The van der Waals surface area contributed by atoms with Crippen LogP contribution in [0.4, 0.5) is 0 Å². The standard InChI is InChI=1S/C13H8ClN3/c14-13-2-1-11-12(17-13)7-10(8-16-11)9-3-5-15-6-4-9/h1-8H. The van der Waals surface area contributed by atoms with Crippen molar-refractivity contribution in [2.75, 3.05) is 0 Å². The zero-order chi connectivity index (χ0) is 11.7. The summed E-state index contributed by atoms with van der Waals surface area (Å²) in [6.45, 7) is 0. The van der Waals surface area contributed by atoms with Crippen molar-refractivity contribution in [2.24, 2.45) is 0 Å². The normalized spacial score (nSPS) is 10.6.